The van der Waals surface area contributed by atoms with Gasteiger partial charge in [0.2, 0.25) is 5.91 Å². The van der Waals surface area contributed by atoms with Crippen molar-refractivity contribution in [2.75, 3.05) is 12.4 Å². The second-order valence-corrected chi connectivity index (χ2v) is 8.57. The van der Waals surface area contributed by atoms with Crippen molar-refractivity contribution in [3.8, 4) is 22.8 Å². The summed E-state index contributed by atoms with van der Waals surface area (Å²) in [7, 11) is 0. The number of nitrogens with zero attached hydrogens (tertiary/aromatic N) is 3. The Morgan fingerprint density at radius 1 is 1.06 bits per heavy atom. The molecule has 1 aromatic heterocycles. The van der Waals surface area contributed by atoms with Crippen LogP contribution in [0.2, 0.25) is 0 Å². The molecule has 162 valence electrons. The standard InChI is InChI=1S/C24H28N4O2S/c1-2-30-21-15-13-20(14-16-21)28-23(18-9-5-3-6-10-18)26-27-24(28)31-17-22(29)25-19-11-7-4-8-12-19/h3,5-6,9-10,13-16,19H,2,4,7-8,11-12,17H2,1H3,(H,25,29). The summed E-state index contributed by atoms with van der Waals surface area (Å²) in [6, 6.07) is 18.2. The van der Waals surface area contributed by atoms with Crippen LogP contribution in [0.25, 0.3) is 17.1 Å². The van der Waals surface area contributed by atoms with Gasteiger partial charge in [-0.25, -0.2) is 0 Å². The Hall–Kier alpha value is -2.80. The first-order valence-electron chi connectivity index (χ1n) is 10.9. The molecule has 4 rings (SSSR count). The number of rotatable bonds is 8. The van der Waals surface area contributed by atoms with Gasteiger partial charge in [0.05, 0.1) is 12.4 Å². The molecule has 2 aromatic carbocycles. The second kappa shape index (κ2) is 10.5. The zero-order chi connectivity index (χ0) is 21.5. The molecule has 0 bridgehead atoms. The van der Waals surface area contributed by atoms with Crippen LogP contribution in [-0.4, -0.2) is 39.1 Å². The number of aromatic nitrogens is 3. The van der Waals surface area contributed by atoms with Crippen LogP contribution in [0.5, 0.6) is 5.75 Å². The smallest absolute Gasteiger partial charge is 0.230 e. The summed E-state index contributed by atoms with van der Waals surface area (Å²) in [4.78, 5) is 12.5. The molecule has 0 aliphatic heterocycles. The van der Waals surface area contributed by atoms with Crippen LogP contribution >= 0.6 is 11.8 Å². The van der Waals surface area contributed by atoms with Gasteiger partial charge < -0.3 is 10.1 Å². The van der Waals surface area contributed by atoms with Crippen LogP contribution in [0, 0.1) is 0 Å². The largest absolute Gasteiger partial charge is 0.494 e. The van der Waals surface area contributed by atoms with Crippen LogP contribution in [-0.2, 0) is 4.79 Å². The fraction of sp³-hybridized carbons (Fsp3) is 0.375. The maximum Gasteiger partial charge on any atom is 0.230 e. The molecule has 7 heteroatoms. The summed E-state index contributed by atoms with van der Waals surface area (Å²) in [5.41, 5.74) is 1.91. The predicted octanol–water partition coefficient (Wildman–Crippen LogP) is 4.87. The lowest BCUT2D eigenvalue weighted by Crippen LogP contribution is -2.37. The molecule has 6 nitrogen and oxygen atoms in total. The number of thioether (sulfide) groups is 1. The first-order valence-corrected chi connectivity index (χ1v) is 11.9. The summed E-state index contributed by atoms with van der Waals surface area (Å²) < 4.78 is 7.58. The van der Waals surface area contributed by atoms with Gasteiger partial charge in [0, 0.05) is 17.3 Å². The Balaban J connectivity index is 1.55. The summed E-state index contributed by atoms with van der Waals surface area (Å²) in [6.07, 6.45) is 5.83. The van der Waals surface area contributed by atoms with Crippen molar-refractivity contribution in [3.05, 3.63) is 54.6 Å². The number of carbonyl (C=O) groups is 1. The fourth-order valence-corrected chi connectivity index (χ4v) is 4.64. The molecule has 1 fully saturated rings. The lowest BCUT2D eigenvalue weighted by atomic mass is 9.95. The summed E-state index contributed by atoms with van der Waals surface area (Å²) in [5.74, 6) is 1.95. The SMILES string of the molecule is CCOc1ccc(-n2c(SCC(=O)NC3CCCCC3)nnc2-c2ccccc2)cc1. The molecular weight excluding hydrogens is 408 g/mol. The fourth-order valence-electron chi connectivity index (χ4n) is 3.87. The zero-order valence-electron chi connectivity index (χ0n) is 17.8. The van der Waals surface area contributed by atoms with Gasteiger partial charge in [0.1, 0.15) is 5.75 Å². The highest BCUT2D eigenvalue weighted by molar-refractivity contribution is 7.99. The summed E-state index contributed by atoms with van der Waals surface area (Å²) >= 11 is 1.41. The van der Waals surface area contributed by atoms with E-state index in [0.717, 1.165) is 35.7 Å². The number of hydrogen-bond acceptors (Lipinski definition) is 5. The predicted molar refractivity (Wildman–Crippen MR) is 124 cm³/mol. The molecule has 0 unspecified atom stereocenters. The lowest BCUT2D eigenvalue weighted by molar-refractivity contribution is -0.119. The molecule has 0 radical (unpaired) electrons. The first-order chi connectivity index (χ1) is 15.2. The van der Waals surface area contributed by atoms with Crippen LogP contribution in [0.15, 0.2) is 59.8 Å². The Bertz CT molecular complexity index is 983. The molecule has 3 aromatic rings. The van der Waals surface area contributed by atoms with Gasteiger partial charge in [0.25, 0.3) is 0 Å². The quantitative estimate of drug-likeness (QED) is 0.510. The van der Waals surface area contributed by atoms with Crippen LogP contribution in [0.4, 0.5) is 0 Å². The van der Waals surface area contributed by atoms with E-state index in [1.54, 1.807) is 0 Å². The third-order valence-corrected chi connectivity index (χ3v) is 6.30. The van der Waals surface area contributed by atoms with Crippen molar-refractivity contribution in [2.45, 2.75) is 50.2 Å². The van der Waals surface area contributed by atoms with Crippen molar-refractivity contribution < 1.29 is 9.53 Å². The van der Waals surface area contributed by atoms with Gasteiger partial charge in [-0.2, -0.15) is 0 Å². The topological polar surface area (TPSA) is 69.0 Å². The molecule has 1 aliphatic carbocycles. The number of ether oxygens (including phenoxy) is 1. The van der Waals surface area contributed by atoms with E-state index in [0.29, 0.717) is 23.6 Å². The van der Waals surface area contributed by atoms with Crippen LogP contribution in [0.1, 0.15) is 39.0 Å². The van der Waals surface area contributed by atoms with Gasteiger partial charge in [-0.15, -0.1) is 10.2 Å². The van der Waals surface area contributed by atoms with Gasteiger partial charge >= 0.3 is 0 Å². The molecule has 1 N–H and O–H groups in total. The number of hydrogen-bond donors (Lipinski definition) is 1. The first kappa shape index (κ1) is 21.4. The molecule has 1 heterocycles. The van der Waals surface area contributed by atoms with E-state index in [1.807, 2.05) is 66.1 Å². The zero-order valence-corrected chi connectivity index (χ0v) is 18.6. The van der Waals surface area contributed by atoms with E-state index in [1.165, 1.54) is 31.0 Å². The lowest BCUT2D eigenvalue weighted by Gasteiger charge is -2.22. The third kappa shape index (κ3) is 5.47. The van der Waals surface area contributed by atoms with Crippen molar-refractivity contribution in [2.24, 2.45) is 0 Å². The average Bonchev–Trinajstić information content (AvgIpc) is 3.24. The average molecular weight is 437 g/mol. The number of carbonyl (C=O) groups excluding carboxylic acids is 1. The maximum atomic E-state index is 12.5. The van der Waals surface area contributed by atoms with Crippen molar-refractivity contribution >= 4 is 17.7 Å². The minimum atomic E-state index is 0.0550. The second-order valence-electron chi connectivity index (χ2n) is 7.63. The van der Waals surface area contributed by atoms with E-state index in [2.05, 4.69) is 15.5 Å². The highest BCUT2D eigenvalue weighted by Gasteiger charge is 2.19. The molecule has 0 spiro atoms. The highest BCUT2D eigenvalue weighted by atomic mass is 32.2. The Morgan fingerprint density at radius 2 is 1.81 bits per heavy atom. The number of amides is 1. The van der Waals surface area contributed by atoms with Gasteiger partial charge in [-0.3, -0.25) is 9.36 Å². The van der Waals surface area contributed by atoms with Crippen LogP contribution in [0.3, 0.4) is 0 Å². The number of nitrogens with one attached hydrogen (secondary N) is 1. The van der Waals surface area contributed by atoms with Crippen molar-refractivity contribution in [1.82, 2.24) is 20.1 Å². The third-order valence-electron chi connectivity index (χ3n) is 5.37. The number of benzene rings is 2. The normalized spacial score (nSPS) is 14.4. The van der Waals surface area contributed by atoms with Gasteiger partial charge in [0.15, 0.2) is 11.0 Å². The summed E-state index contributed by atoms with van der Waals surface area (Å²) in [6.45, 7) is 2.59. The van der Waals surface area contributed by atoms with E-state index in [4.69, 9.17) is 4.74 Å². The van der Waals surface area contributed by atoms with E-state index < -0.39 is 0 Å². The highest BCUT2D eigenvalue weighted by Crippen LogP contribution is 2.29. The monoisotopic (exact) mass is 436 g/mol. The molecule has 31 heavy (non-hydrogen) atoms. The minimum absolute atomic E-state index is 0.0550. The van der Waals surface area contributed by atoms with E-state index in [-0.39, 0.29) is 5.91 Å². The molecule has 0 atom stereocenters. The van der Waals surface area contributed by atoms with Crippen molar-refractivity contribution in [1.29, 1.82) is 0 Å². The Kier molecular flexibility index (Phi) is 7.25. The van der Waals surface area contributed by atoms with E-state index in [9.17, 15) is 4.79 Å². The van der Waals surface area contributed by atoms with Gasteiger partial charge in [-0.05, 0) is 44.0 Å². The Morgan fingerprint density at radius 3 is 2.52 bits per heavy atom. The molecule has 1 saturated carbocycles. The summed E-state index contributed by atoms with van der Waals surface area (Å²) in [5, 5.41) is 12.7. The van der Waals surface area contributed by atoms with Crippen LogP contribution < -0.4 is 10.1 Å². The van der Waals surface area contributed by atoms with Gasteiger partial charge in [-0.1, -0.05) is 61.4 Å². The molecular formula is C24H28N4O2S. The van der Waals surface area contributed by atoms with E-state index >= 15 is 0 Å². The Labute approximate surface area is 187 Å². The molecule has 1 amide bonds. The van der Waals surface area contributed by atoms with Crippen molar-refractivity contribution in [3.63, 3.8) is 0 Å². The molecule has 1 aliphatic rings. The minimum Gasteiger partial charge on any atom is -0.494 e. The molecule has 0 saturated heterocycles. The maximum absolute atomic E-state index is 12.5.